The molecule has 3 nitrogen and oxygen atoms in total. The van der Waals surface area contributed by atoms with Crippen LogP contribution in [0.3, 0.4) is 0 Å². The van der Waals surface area contributed by atoms with Crippen LogP contribution in [0.15, 0.2) is 18.2 Å². The van der Waals surface area contributed by atoms with Crippen molar-refractivity contribution in [3.63, 3.8) is 0 Å². The summed E-state index contributed by atoms with van der Waals surface area (Å²) in [6, 6.07) is 4.74. The fourth-order valence-corrected chi connectivity index (χ4v) is 1.96. The number of hydrogen-bond acceptors (Lipinski definition) is 3. The van der Waals surface area contributed by atoms with E-state index in [1.54, 1.807) is 12.1 Å². The first kappa shape index (κ1) is 13.9. The normalized spacial score (nSPS) is 15.7. The van der Waals surface area contributed by atoms with E-state index in [1.807, 2.05) is 0 Å². The maximum atomic E-state index is 13.7. The highest BCUT2D eigenvalue weighted by molar-refractivity contribution is 5.39. The molecule has 1 saturated heterocycles. The highest BCUT2D eigenvalue weighted by atomic mass is 19.1. The molecular formula is C15H18FNO2. The number of hydrogen-bond donors (Lipinski definition) is 1. The van der Waals surface area contributed by atoms with Crippen molar-refractivity contribution in [1.82, 2.24) is 0 Å². The minimum Gasteiger partial charge on any atom is -0.493 e. The molecule has 1 aliphatic heterocycles. The summed E-state index contributed by atoms with van der Waals surface area (Å²) in [4.78, 5) is 0. The molecule has 1 aromatic rings. The first-order valence-corrected chi connectivity index (χ1v) is 6.48. The van der Waals surface area contributed by atoms with Crippen molar-refractivity contribution in [1.29, 1.82) is 0 Å². The summed E-state index contributed by atoms with van der Waals surface area (Å²) in [6.45, 7) is 2.41. The largest absolute Gasteiger partial charge is 0.493 e. The van der Waals surface area contributed by atoms with Crippen LogP contribution in [0.2, 0.25) is 0 Å². The quantitative estimate of drug-likeness (QED) is 0.848. The van der Waals surface area contributed by atoms with Crippen LogP contribution in [-0.4, -0.2) is 26.4 Å². The third-order valence-corrected chi connectivity index (χ3v) is 3.09. The standard InChI is InChI=1S/C15H18FNO2/c16-15-10-14(4-3-13(15)2-1-7-17)19-11-12-5-8-18-9-6-12/h3-4,10,12H,5-9,11,17H2. The molecule has 1 heterocycles. The van der Waals surface area contributed by atoms with Gasteiger partial charge in [-0.1, -0.05) is 11.8 Å². The summed E-state index contributed by atoms with van der Waals surface area (Å²) in [7, 11) is 0. The van der Waals surface area contributed by atoms with Gasteiger partial charge in [0.15, 0.2) is 0 Å². The Morgan fingerprint density at radius 2 is 2.16 bits per heavy atom. The molecule has 0 atom stereocenters. The molecule has 0 saturated carbocycles. The van der Waals surface area contributed by atoms with E-state index in [0.717, 1.165) is 26.1 Å². The van der Waals surface area contributed by atoms with Gasteiger partial charge in [0.25, 0.3) is 0 Å². The van der Waals surface area contributed by atoms with Gasteiger partial charge in [-0.3, -0.25) is 0 Å². The second-order valence-corrected chi connectivity index (χ2v) is 4.51. The fourth-order valence-electron chi connectivity index (χ4n) is 1.96. The van der Waals surface area contributed by atoms with Gasteiger partial charge in [0.05, 0.1) is 18.7 Å². The number of halogens is 1. The summed E-state index contributed by atoms with van der Waals surface area (Å²) in [5, 5.41) is 0. The van der Waals surface area contributed by atoms with Crippen molar-refractivity contribution in [3.8, 4) is 17.6 Å². The maximum absolute atomic E-state index is 13.7. The molecule has 4 heteroatoms. The molecule has 0 spiro atoms. The first-order valence-electron chi connectivity index (χ1n) is 6.48. The van der Waals surface area contributed by atoms with E-state index in [9.17, 15) is 4.39 Å². The summed E-state index contributed by atoms with van der Waals surface area (Å²) < 4.78 is 24.6. The Labute approximate surface area is 112 Å². The van der Waals surface area contributed by atoms with Crippen molar-refractivity contribution in [2.24, 2.45) is 11.7 Å². The minimum atomic E-state index is -0.370. The Kier molecular flexibility index (Phi) is 5.20. The van der Waals surface area contributed by atoms with Gasteiger partial charge in [-0.15, -0.1) is 0 Å². The van der Waals surface area contributed by atoms with Crippen LogP contribution in [0.1, 0.15) is 18.4 Å². The van der Waals surface area contributed by atoms with Crippen molar-refractivity contribution in [3.05, 3.63) is 29.6 Å². The molecule has 2 N–H and O–H groups in total. The van der Waals surface area contributed by atoms with Crippen molar-refractivity contribution >= 4 is 0 Å². The van der Waals surface area contributed by atoms with Crippen LogP contribution in [0.25, 0.3) is 0 Å². The maximum Gasteiger partial charge on any atom is 0.142 e. The molecular weight excluding hydrogens is 245 g/mol. The Morgan fingerprint density at radius 1 is 1.37 bits per heavy atom. The zero-order chi connectivity index (χ0) is 13.5. The second-order valence-electron chi connectivity index (χ2n) is 4.51. The smallest absolute Gasteiger partial charge is 0.142 e. The van der Waals surface area contributed by atoms with Crippen LogP contribution >= 0.6 is 0 Å². The SMILES string of the molecule is NCC#Cc1ccc(OCC2CCOCC2)cc1F. The van der Waals surface area contributed by atoms with Gasteiger partial charge in [0.1, 0.15) is 11.6 Å². The van der Waals surface area contributed by atoms with Gasteiger partial charge in [-0.2, -0.15) is 0 Å². The molecule has 19 heavy (non-hydrogen) atoms. The first-order chi connectivity index (χ1) is 9.29. The number of benzene rings is 1. The highest BCUT2D eigenvalue weighted by Crippen LogP contribution is 2.20. The number of nitrogens with two attached hydrogens (primary N) is 1. The molecule has 0 radical (unpaired) electrons. The van der Waals surface area contributed by atoms with E-state index in [1.165, 1.54) is 6.07 Å². The molecule has 1 fully saturated rings. The Hall–Kier alpha value is -1.57. The monoisotopic (exact) mass is 263 g/mol. The van der Waals surface area contributed by atoms with E-state index >= 15 is 0 Å². The topological polar surface area (TPSA) is 44.5 Å². The second kappa shape index (κ2) is 7.13. The van der Waals surface area contributed by atoms with E-state index in [-0.39, 0.29) is 12.4 Å². The van der Waals surface area contributed by atoms with Crippen LogP contribution in [0, 0.1) is 23.6 Å². The molecule has 0 aliphatic carbocycles. The lowest BCUT2D eigenvalue weighted by Gasteiger charge is -2.22. The molecule has 1 aromatic carbocycles. The van der Waals surface area contributed by atoms with E-state index < -0.39 is 0 Å². The van der Waals surface area contributed by atoms with Crippen molar-refractivity contribution in [2.75, 3.05) is 26.4 Å². The molecule has 0 amide bonds. The number of rotatable bonds is 3. The van der Waals surface area contributed by atoms with Crippen LogP contribution in [0.4, 0.5) is 4.39 Å². The lowest BCUT2D eigenvalue weighted by atomic mass is 10.0. The molecule has 0 bridgehead atoms. The summed E-state index contributed by atoms with van der Waals surface area (Å²) in [5.41, 5.74) is 5.61. The Bertz CT molecular complexity index is 473. The van der Waals surface area contributed by atoms with E-state index in [2.05, 4.69) is 11.8 Å². The Balaban J connectivity index is 1.92. The lowest BCUT2D eigenvalue weighted by Crippen LogP contribution is -2.21. The van der Waals surface area contributed by atoms with Gasteiger partial charge in [0, 0.05) is 19.3 Å². The van der Waals surface area contributed by atoms with Gasteiger partial charge >= 0.3 is 0 Å². The highest BCUT2D eigenvalue weighted by Gasteiger charge is 2.14. The van der Waals surface area contributed by atoms with Gasteiger partial charge in [-0.05, 0) is 30.9 Å². The van der Waals surface area contributed by atoms with Gasteiger partial charge in [0.2, 0.25) is 0 Å². The number of ether oxygens (including phenoxy) is 2. The average Bonchev–Trinajstić information content (AvgIpc) is 2.45. The molecule has 1 aliphatic rings. The molecule has 2 rings (SSSR count). The molecule has 0 aromatic heterocycles. The van der Waals surface area contributed by atoms with Crippen molar-refractivity contribution in [2.45, 2.75) is 12.8 Å². The van der Waals surface area contributed by atoms with Gasteiger partial charge in [-0.25, -0.2) is 4.39 Å². The van der Waals surface area contributed by atoms with Gasteiger partial charge < -0.3 is 15.2 Å². The molecule has 0 unspecified atom stereocenters. The third-order valence-electron chi connectivity index (χ3n) is 3.09. The fraction of sp³-hybridized carbons (Fsp3) is 0.467. The zero-order valence-electron chi connectivity index (χ0n) is 10.8. The lowest BCUT2D eigenvalue weighted by molar-refractivity contribution is 0.0497. The van der Waals surface area contributed by atoms with E-state index in [4.69, 9.17) is 15.2 Å². The van der Waals surface area contributed by atoms with Crippen LogP contribution in [0.5, 0.6) is 5.75 Å². The summed E-state index contributed by atoms with van der Waals surface area (Å²) in [5.74, 6) is 5.98. The Morgan fingerprint density at radius 3 is 2.84 bits per heavy atom. The van der Waals surface area contributed by atoms with Crippen LogP contribution in [-0.2, 0) is 4.74 Å². The summed E-state index contributed by atoms with van der Waals surface area (Å²) >= 11 is 0. The minimum absolute atomic E-state index is 0.224. The summed E-state index contributed by atoms with van der Waals surface area (Å²) in [6.07, 6.45) is 2.01. The van der Waals surface area contributed by atoms with E-state index in [0.29, 0.717) is 23.8 Å². The third kappa shape index (κ3) is 4.23. The average molecular weight is 263 g/mol. The van der Waals surface area contributed by atoms with Crippen LogP contribution < -0.4 is 10.5 Å². The van der Waals surface area contributed by atoms with Crippen molar-refractivity contribution < 1.29 is 13.9 Å². The predicted octanol–water partition coefficient (Wildman–Crippen LogP) is 1.94. The predicted molar refractivity (Wildman–Crippen MR) is 71.4 cm³/mol. The zero-order valence-corrected chi connectivity index (χ0v) is 10.8. The molecule has 102 valence electrons.